The molecule has 3 fully saturated rings. The Kier molecular flexibility index (Phi) is 5.97. The third kappa shape index (κ3) is 4.21. The average Bonchev–Trinajstić information content (AvgIpc) is 2.94. The molecule has 1 aromatic rings. The summed E-state index contributed by atoms with van der Waals surface area (Å²) < 4.78 is 2.06. The van der Waals surface area contributed by atoms with Crippen LogP contribution in [0, 0.1) is 13.8 Å². The molecule has 2 aliphatic heterocycles. The SMILES string of the molecule is Cc1cc(C(=O)N2CCN(CC(=O)N3CCN(C4CCC4)CC3)CC2)c(C)n1C. The number of hydrogen-bond acceptors (Lipinski definition) is 4. The van der Waals surface area contributed by atoms with Crippen molar-refractivity contribution in [1.82, 2.24) is 24.2 Å². The monoisotopic (exact) mass is 401 g/mol. The highest BCUT2D eigenvalue weighted by molar-refractivity contribution is 5.95. The van der Waals surface area contributed by atoms with Crippen LogP contribution >= 0.6 is 0 Å². The van der Waals surface area contributed by atoms with E-state index in [1.165, 1.54) is 19.3 Å². The first-order chi connectivity index (χ1) is 13.9. The predicted octanol–water partition coefficient (Wildman–Crippen LogP) is 1.10. The summed E-state index contributed by atoms with van der Waals surface area (Å²) in [6.45, 7) is 11.2. The van der Waals surface area contributed by atoms with Gasteiger partial charge in [-0.1, -0.05) is 6.42 Å². The van der Waals surface area contributed by atoms with Crippen molar-refractivity contribution >= 4 is 11.8 Å². The van der Waals surface area contributed by atoms with Crippen LogP contribution in [0.3, 0.4) is 0 Å². The molecule has 0 radical (unpaired) electrons. The van der Waals surface area contributed by atoms with Gasteiger partial charge in [0.2, 0.25) is 5.91 Å². The molecular formula is C22H35N5O2. The predicted molar refractivity (Wildman–Crippen MR) is 113 cm³/mol. The van der Waals surface area contributed by atoms with Crippen LogP contribution in [0.2, 0.25) is 0 Å². The van der Waals surface area contributed by atoms with Gasteiger partial charge in [0.15, 0.2) is 0 Å². The maximum Gasteiger partial charge on any atom is 0.255 e. The molecule has 3 heterocycles. The average molecular weight is 402 g/mol. The van der Waals surface area contributed by atoms with Gasteiger partial charge < -0.3 is 14.4 Å². The van der Waals surface area contributed by atoms with Gasteiger partial charge in [0.25, 0.3) is 5.91 Å². The summed E-state index contributed by atoms with van der Waals surface area (Å²) in [6, 6.07) is 2.76. The largest absolute Gasteiger partial charge is 0.351 e. The lowest BCUT2D eigenvalue weighted by Gasteiger charge is -2.43. The van der Waals surface area contributed by atoms with Gasteiger partial charge in [-0.15, -0.1) is 0 Å². The number of aromatic nitrogens is 1. The number of carbonyl (C=O) groups excluding carboxylic acids is 2. The van der Waals surface area contributed by atoms with Crippen molar-refractivity contribution in [1.29, 1.82) is 0 Å². The molecule has 2 saturated heterocycles. The molecule has 2 amide bonds. The van der Waals surface area contributed by atoms with Gasteiger partial charge in [0.05, 0.1) is 12.1 Å². The molecule has 0 unspecified atom stereocenters. The third-order valence-electron chi connectivity index (χ3n) is 7.28. The van der Waals surface area contributed by atoms with Crippen LogP contribution < -0.4 is 0 Å². The van der Waals surface area contributed by atoms with Gasteiger partial charge in [-0.25, -0.2) is 0 Å². The van der Waals surface area contributed by atoms with E-state index in [1.54, 1.807) is 0 Å². The molecule has 7 heteroatoms. The molecule has 1 aliphatic carbocycles. The van der Waals surface area contributed by atoms with Gasteiger partial charge in [-0.2, -0.15) is 0 Å². The van der Waals surface area contributed by atoms with E-state index >= 15 is 0 Å². The number of hydrogen-bond donors (Lipinski definition) is 0. The Morgan fingerprint density at radius 1 is 0.931 bits per heavy atom. The highest BCUT2D eigenvalue weighted by atomic mass is 16.2. The number of rotatable bonds is 4. The van der Waals surface area contributed by atoms with E-state index < -0.39 is 0 Å². The molecule has 1 saturated carbocycles. The molecule has 7 nitrogen and oxygen atoms in total. The van der Waals surface area contributed by atoms with Gasteiger partial charge in [0, 0.05) is 76.8 Å². The minimum atomic E-state index is 0.115. The number of aryl methyl sites for hydroxylation is 1. The van der Waals surface area contributed by atoms with Crippen molar-refractivity contribution in [3.05, 3.63) is 23.0 Å². The van der Waals surface area contributed by atoms with E-state index in [1.807, 2.05) is 36.8 Å². The molecule has 0 bridgehead atoms. The fraction of sp³-hybridized carbons (Fsp3) is 0.727. The first kappa shape index (κ1) is 20.4. The Hall–Kier alpha value is -1.86. The Balaban J connectivity index is 1.23. The van der Waals surface area contributed by atoms with Crippen LogP contribution in [0.15, 0.2) is 6.07 Å². The fourth-order valence-electron chi connectivity index (χ4n) is 4.73. The summed E-state index contributed by atoms with van der Waals surface area (Å²) in [5.41, 5.74) is 2.93. The maximum atomic E-state index is 12.9. The summed E-state index contributed by atoms with van der Waals surface area (Å²) in [7, 11) is 2.00. The van der Waals surface area contributed by atoms with E-state index in [0.29, 0.717) is 19.6 Å². The van der Waals surface area contributed by atoms with Crippen molar-refractivity contribution in [3.63, 3.8) is 0 Å². The molecule has 0 N–H and O–H groups in total. The van der Waals surface area contributed by atoms with E-state index in [2.05, 4.69) is 14.4 Å². The number of nitrogens with zero attached hydrogens (tertiary/aromatic N) is 5. The zero-order chi connectivity index (χ0) is 20.5. The summed E-state index contributed by atoms with van der Waals surface area (Å²) in [5.74, 6) is 0.358. The lowest BCUT2D eigenvalue weighted by Crippen LogP contribution is -2.56. The first-order valence-corrected chi connectivity index (χ1v) is 11.1. The van der Waals surface area contributed by atoms with Crippen molar-refractivity contribution in [2.75, 3.05) is 58.9 Å². The van der Waals surface area contributed by atoms with E-state index in [0.717, 1.165) is 62.3 Å². The van der Waals surface area contributed by atoms with Crippen LogP contribution in [0.25, 0.3) is 0 Å². The molecule has 4 rings (SSSR count). The Morgan fingerprint density at radius 2 is 1.55 bits per heavy atom. The third-order valence-corrected chi connectivity index (χ3v) is 7.28. The fourth-order valence-corrected chi connectivity index (χ4v) is 4.73. The van der Waals surface area contributed by atoms with E-state index in [9.17, 15) is 9.59 Å². The summed E-state index contributed by atoms with van der Waals surface area (Å²) in [4.78, 5) is 34.3. The number of carbonyl (C=O) groups is 2. The lowest BCUT2D eigenvalue weighted by molar-refractivity contribution is -0.135. The van der Waals surface area contributed by atoms with Crippen LogP contribution in [0.4, 0.5) is 0 Å². The number of piperazine rings is 2. The molecule has 0 spiro atoms. The normalized spacial score (nSPS) is 22.0. The number of amides is 2. The minimum absolute atomic E-state index is 0.115. The molecular weight excluding hydrogens is 366 g/mol. The minimum Gasteiger partial charge on any atom is -0.351 e. The van der Waals surface area contributed by atoms with Crippen molar-refractivity contribution in [2.24, 2.45) is 7.05 Å². The van der Waals surface area contributed by atoms with E-state index in [4.69, 9.17) is 0 Å². The van der Waals surface area contributed by atoms with Crippen LogP contribution in [0.5, 0.6) is 0 Å². The summed E-state index contributed by atoms with van der Waals surface area (Å²) in [5, 5.41) is 0. The van der Waals surface area contributed by atoms with Crippen molar-refractivity contribution in [2.45, 2.75) is 39.2 Å². The highest BCUT2D eigenvalue weighted by Gasteiger charge is 2.31. The second-order valence-corrected chi connectivity index (χ2v) is 8.91. The zero-order valence-corrected chi connectivity index (χ0v) is 18.2. The summed E-state index contributed by atoms with van der Waals surface area (Å²) >= 11 is 0. The quantitative estimate of drug-likeness (QED) is 0.758. The second kappa shape index (κ2) is 8.48. The Labute approximate surface area is 174 Å². The molecule has 0 aromatic carbocycles. The van der Waals surface area contributed by atoms with Crippen LogP contribution in [-0.4, -0.2) is 101 Å². The van der Waals surface area contributed by atoms with Crippen LogP contribution in [0.1, 0.15) is 41.0 Å². The van der Waals surface area contributed by atoms with Gasteiger partial charge in [-0.3, -0.25) is 19.4 Å². The summed E-state index contributed by atoms with van der Waals surface area (Å²) in [6.07, 6.45) is 4.03. The Bertz CT molecular complexity index is 753. The zero-order valence-electron chi connectivity index (χ0n) is 18.2. The second-order valence-electron chi connectivity index (χ2n) is 8.91. The molecule has 1 aromatic heterocycles. The molecule has 0 atom stereocenters. The van der Waals surface area contributed by atoms with Gasteiger partial charge in [-0.05, 0) is 32.8 Å². The Morgan fingerprint density at radius 3 is 2.07 bits per heavy atom. The highest BCUT2D eigenvalue weighted by Crippen LogP contribution is 2.25. The van der Waals surface area contributed by atoms with Crippen molar-refractivity contribution in [3.8, 4) is 0 Å². The lowest BCUT2D eigenvalue weighted by atomic mass is 9.91. The van der Waals surface area contributed by atoms with Crippen molar-refractivity contribution < 1.29 is 9.59 Å². The van der Waals surface area contributed by atoms with Gasteiger partial charge in [0.1, 0.15) is 0 Å². The molecule has 160 valence electrons. The molecule has 29 heavy (non-hydrogen) atoms. The smallest absolute Gasteiger partial charge is 0.255 e. The van der Waals surface area contributed by atoms with E-state index in [-0.39, 0.29) is 11.8 Å². The molecule has 3 aliphatic rings. The topological polar surface area (TPSA) is 52.0 Å². The first-order valence-electron chi connectivity index (χ1n) is 11.1. The standard InChI is InChI=1S/C22H35N5O2/c1-17-15-20(18(2)23(17)3)22(29)27-9-7-24(8-10-27)16-21(28)26-13-11-25(12-14-26)19-5-4-6-19/h15,19H,4-14,16H2,1-3H3. The van der Waals surface area contributed by atoms with Crippen LogP contribution in [-0.2, 0) is 11.8 Å². The maximum absolute atomic E-state index is 12.9. The van der Waals surface area contributed by atoms with Gasteiger partial charge >= 0.3 is 0 Å².